The van der Waals surface area contributed by atoms with Crippen LogP contribution >= 0.6 is 15.6 Å². The Morgan fingerprint density at radius 3 is 1.31 bits per heavy atom. The van der Waals surface area contributed by atoms with Crippen LogP contribution < -0.4 is 11.1 Å². The number of hydrogen-bond acceptors (Lipinski definition) is 18. The molecule has 0 aliphatic carbocycles. The molecule has 58 heavy (non-hydrogen) atoms. The fourth-order valence-corrected chi connectivity index (χ4v) is 8.40. The number of aliphatic hydroxyl groups excluding tert-OH is 2. The number of aromatic amines is 2. The van der Waals surface area contributed by atoms with Gasteiger partial charge in [0.05, 0.1) is 38.5 Å². The third-order valence-corrected chi connectivity index (χ3v) is 11.9. The van der Waals surface area contributed by atoms with Crippen LogP contribution in [0.15, 0.2) is 34.9 Å². The van der Waals surface area contributed by atoms with Gasteiger partial charge in [0.25, 0.3) is 11.1 Å². The van der Waals surface area contributed by atoms with Crippen LogP contribution in [-0.4, -0.2) is 158 Å². The van der Waals surface area contributed by atoms with E-state index in [0.29, 0.717) is 0 Å². The lowest BCUT2D eigenvalue weighted by Crippen LogP contribution is -2.38. The Morgan fingerprint density at radius 1 is 0.655 bits per heavy atom. The topological polar surface area (TPSA) is 304 Å². The zero-order valence-electron chi connectivity index (χ0n) is 32.9. The van der Waals surface area contributed by atoms with Gasteiger partial charge in [0.15, 0.2) is 34.8 Å². The number of phosphoric ester groups is 2. The van der Waals surface area contributed by atoms with Crippen LogP contribution in [0.1, 0.15) is 54.0 Å². The van der Waals surface area contributed by atoms with Crippen molar-refractivity contribution < 1.29 is 56.7 Å². The van der Waals surface area contributed by atoms with Crippen molar-refractivity contribution in [2.24, 2.45) is 0 Å². The molecule has 10 atom stereocenters. The molecule has 7 heterocycles. The molecule has 3 fully saturated rings. The van der Waals surface area contributed by atoms with E-state index in [9.17, 15) is 38.7 Å². The molecule has 324 valence electrons. The molecule has 0 spiro atoms. The molecule has 4 aromatic heterocycles. The monoisotopic (exact) mass is 862 g/mol. The SMILES string of the molecule is CCN(CC)CC.CCN(CC)CC.O=c1[nH]cnc2c1ncn2[C@@H]1O[C@@H]2COP(=O)(O)O[C@@H]3[C@H](O)[C@@H](COP(=O)(O)O[C@@H]1[C@@H]2O)O[C@H]3n1cnc2c(=O)[nH]cnc21. The Balaban J connectivity index is 0.000000393. The summed E-state index contributed by atoms with van der Waals surface area (Å²) >= 11 is 0. The quantitative estimate of drug-likeness (QED) is 0.131. The number of imidazole rings is 2. The second-order valence-electron chi connectivity index (χ2n) is 13.1. The summed E-state index contributed by atoms with van der Waals surface area (Å²) in [4.78, 5) is 70.9. The van der Waals surface area contributed by atoms with E-state index in [1.54, 1.807) is 0 Å². The van der Waals surface area contributed by atoms with Gasteiger partial charge in [-0.1, -0.05) is 41.5 Å². The van der Waals surface area contributed by atoms with Crippen molar-refractivity contribution in [1.82, 2.24) is 48.8 Å². The van der Waals surface area contributed by atoms with Crippen LogP contribution in [0.3, 0.4) is 0 Å². The number of nitrogens with one attached hydrogen (secondary N) is 2. The highest BCUT2D eigenvalue weighted by atomic mass is 31.2. The number of rotatable bonds is 8. The summed E-state index contributed by atoms with van der Waals surface area (Å²) in [6, 6.07) is 0. The van der Waals surface area contributed by atoms with Gasteiger partial charge in [-0.2, -0.15) is 0 Å². The smallest absolute Gasteiger partial charge is 0.387 e. The molecule has 3 aliphatic rings. The molecule has 4 bridgehead atoms. The van der Waals surface area contributed by atoms with Gasteiger partial charge in [-0.3, -0.25) is 36.8 Å². The fraction of sp³-hybridized carbons (Fsp3) is 0.688. The Kier molecular flexibility index (Phi) is 15.6. The van der Waals surface area contributed by atoms with Gasteiger partial charge >= 0.3 is 15.6 Å². The normalized spacial score (nSPS) is 31.5. The van der Waals surface area contributed by atoms with Crippen molar-refractivity contribution in [1.29, 1.82) is 0 Å². The van der Waals surface area contributed by atoms with Crippen LogP contribution in [0.25, 0.3) is 22.3 Å². The van der Waals surface area contributed by atoms with E-state index in [4.69, 9.17) is 27.6 Å². The molecule has 0 radical (unpaired) electrons. The zero-order valence-corrected chi connectivity index (χ0v) is 34.7. The second-order valence-corrected chi connectivity index (χ2v) is 15.9. The van der Waals surface area contributed by atoms with Gasteiger partial charge in [0.2, 0.25) is 0 Å². The zero-order chi connectivity index (χ0) is 42.4. The van der Waals surface area contributed by atoms with E-state index in [0.717, 1.165) is 34.4 Å². The molecule has 3 saturated heterocycles. The number of ether oxygens (including phenoxy) is 2. The maximum absolute atomic E-state index is 13.1. The van der Waals surface area contributed by atoms with Crippen molar-refractivity contribution in [3.63, 3.8) is 0 Å². The summed E-state index contributed by atoms with van der Waals surface area (Å²) in [5.41, 5.74) is -1.51. The van der Waals surface area contributed by atoms with E-state index in [-0.39, 0.29) is 22.3 Å². The molecular weight excluding hydrogens is 810 g/mol. The van der Waals surface area contributed by atoms with Crippen molar-refractivity contribution in [2.75, 3.05) is 52.5 Å². The lowest BCUT2D eigenvalue weighted by atomic mass is 10.1. The van der Waals surface area contributed by atoms with Crippen molar-refractivity contribution >= 4 is 38.0 Å². The highest BCUT2D eigenvalue weighted by Crippen LogP contribution is 2.53. The van der Waals surface area contributed by atoms with E-state index >= 15 is 0 Å². The van der Waals surface area contributed by atoms with Crippen molar-refractivity contribution in [2.45, 2.75) is 90.6 Å². The van der Waals surface area contributed by atoms with E-state index < -0.39 is 89.1 Å². The number of nitrogens with zero attached hydrogens (tertiary/aromatic N) is 8. The molecule has 4 aromatic rings. The number of phosphoric acid groups is 2. The van der Waals surface area contributed by atoms with Crippen LogP contribution in [0.2, 0.25) is 0 Å². The lowest BCUT2D eigenvalue weighted by molar-refractivity contribution is -0.0675. The minimum Gasteiger partial charge on any atom is -0.387 e. The first kappa shape index (κ1) is 45.8. The molecule has 26 heteroatoms. The summed E-state index contributed by atoms with van der Waals surface area (Å²) in [5.74, 6) is 0. The number of H-pyrrole nitrogens is 2. The molecular formula is C32H52N10O14P2. The molecule has 0 aromatic carbocycles. The standard InChI is InChI=1S/C20H22N8O14P2.2C6H15N/c29-11-7-1-37-43(33,34)41-14-12(30)8(40-20(14)28-6-26-10-16(28)22-4-24-18(10)32)2-38-44(35,36)42-13(11)19(39-7)27-5-25-9-15(27)21-3-23-17(9)31;2*1-4-7(5-2)6-3/h3-8,11-14,19-20,29-30H,1-2H2,(H,33,34)(H,35,36)(H,21,23,31)(H,22,24,32);2*4-6H2,1-3H3/t7-,8-,11-,12-,13-,14-,19-,20-;;/m1../s1. The maximum Gasteiger partial charge on any atom is 0.472 e. The minimum absolute atomic E-state index is 0.0349. The molecule has 0 amide bonds. The summed E-state index contributed by atoms with van der Waals surface area (Å²) < 4.78 is 60.9. The highest BCUT2D eigenvalue weighted by Gasteiger charge is 2.54. The summed E-state index contributed by atoms with van der Waals surface area (Å²) in [6.07, 6.45) is -8.40. The molecule has 6 N–H and O–H groups in total. The van der Waals surface area contributed by atoms with Crippen molar-refractivity contribution in [3.05, 3.63) is 46.0 Å². The lowest BCUT2D eigenvalue weighted by Gasteiger charge is -2.26. The summed E-state index contributed by atoms with van der Waals surface area (Å²) in [7, 11) is -10.2. The predicted molar refractivity (Wildman–Crippen MR) is 204 cm³/mol. The number of fused-ring (bicyclic) bond motifs is 6. The average molecular weight is 863 g/mol. The molecule has 2 unspecified atom stereocenters. The van der Waals surface area contributed by atoms with Gasteiger partial charge in [-0.15, -0.1) is 0 Å². The predicted octanol–water partition coefficient (Wildman–Crippen LogP) is 0.484. The molecule has 3 aliphatic heterocycles. The average Bonchev–Trinajstić information content (AvgIpc) is 3.97. The van der Waals surface area contributed by atoms with Crippen LogP contribution in [0.4, 0.5) is 0 Å². The number of aromatic nitrogens is 8. The van der Waals surface area contributed by atoms with Gasteiger partial charge in [-0.25, -0.2) is 29.1 Å². The Bertz CT molecular complexity index is 2000. The van der Waals surface area contributed by atoms with Crippen molar-refractivity contribution in [3.8, 4) is 0 Å². The fourth-order valence-electron chi connectivity index (χ4n) is 6.53. The highest BCUT2D eigenvalue weighted by molar-refractivity contribution is 7.47. The molecule has 24 nitrogen and oxygen atoms in total. The Hall–Kier alpha value is -3.32. The van der Waals surface area contributed by atoms with Crippen LogP contribution in [-0.2, 0) is 36.7 Å². The first-order chi connectivity index (χ1) is 27.6. The van der Waals surface area contributed by atoms with Gasteiger partial charge < -0.3 is 49.2 Å². The van der Waals surface area contributed by atoms with E-state index in [1.807, 2.05) is 0 Å². The van der Waals surface area contributed by atoms with Gasteiger partial charge in [0.1, 0.15) is 36.6 Å². The first-order valence-corrected chi connectivity index (χ1v) is 21.8. The van der Waals surface area contributed by atoms with Gasteiger partial charge in [-0.05, 0) is 39.3 Å². The Labute approximate surface area is 332 Å². The third kappa shape index (κ3) is 10.3. The largest absolute Gasteiger partial charge is 0.472 e. The molecule has 0 saturated carbocycles. The Morgan fingerprint density at radius 2 is 1.00 bits per heavy atom. The van der Waals surface area contributed by atoms with Crippen LogP contribution in [0, 0.1) is 0 Å². The van der Waals surface area contributed by atoms with E-state index in [1.165, 1.54) is 39.3 Å². The van der Waals surface area contributed by atoms with E-state index in [2.05, 4.69) is 81.2 Å². The molecule has 7 rings (SSSR count). The second kappa shape index (κ2) is 19.8. The minimum atomic E-state index is -5.08. The summed E-state index contributed by atoms with van der Waals surface area (Å²) in [5, 5.41) is 22.0. The third-order valence-electron chi connectivity index (χ3n) is 9.90. The summed E-state index contributed by atoms with van der Waals surface area (Å²) in [6.45, 7) is 18.6. The van der Waals surface area contributed by atoms with Gasteiger partial charge in [0, 0.05) is 0 Å². The number of aliphatic hydroxyl groups is 2. The maximum atomic E-state index is 13.1. The first-order valence-electron chi connectivity index (χ1n) is 18.9. The van der Waals surface area contributed by atoms with Crippen LogP contribution in [0.5, 0.6) is 0 Å². The number of hydrogen-bond donors (Lipinski definition) is 6.